The lowest BCUT2D eigenvalue weighted by Gasteiger charge is -2.27. The molecule has 0 atom stereocenters. The molecule has 2 aliphatic rings. The van der Waals surface area contributed by atoms with Crippen molar-refractivity contribution in [1.82, 2.24) is 5.32 Å². The molecule has 2 nitrogen and oxygen atoms in total. The van der Waals surface area contributed by atoms with Gasteiger partial charge in [0.1, 0.15) is 0 Å². The number of nitrogens with zero attached hydrogens (tertiary/aromatic N) is 1. The van der Waals surface area contributed by atoms with Crippen LogP contribution < -0.4 is 10.2 Å². The summed E-state index contributed by atoms with van der Waals surface area (Å²) < 4.78 is 0. The molecule has 3 heteroatoms. The average Bonchev–Trinajstić information content (AvgIpc) is 3.24. The van der Waals surface area contributed by atoms with Crippen molar-refractivity contribution in [1.29, 1.82) is 0 Å². The van der Waals surface area contributed by atoms with Crippen molar-refractivity contribution >= 4 is 17.3 Å². The third kappa shape index (κ3) is 3.37. The molecule has 0 bridgehead atoms. The lowest BCUT2D eigenvalue weighted by atomic mass is 9.82. The van der Waals surface area contributed by atoms with E-state index < -0.39 is 0 Å². The van der Waals surface area contributed by atoms with Gasteiger partial charge in [-0.15, -0.1) is 0 Å². The maximum atomic E-state index is 6.55. The molecule has 1 saturated heterocycles. The van der Waals surface area contributed by atoms with Crippen molar-refractivity contribution in [3.8, 4) is 0 Å². The first-order chi connectivity index (χ1) is 10.2. The second-order valence-corrected chi connectivity index (χ2v) is 7.23. The van der Waals surface area contributed by atoms with Gasteiger partial charge in [-0.2, -0.15) is 0 Å². The van der Waals surface area contributed by atoms with Crippen LogP contribution in [-0.2, 0) is 6.54 Å². The van der Waals surface area contributed by atoms with Gasteiger partial charge in [0.2, 0.25) is 0 Å². The number of hydrogen-bond acceptors (Lipinski definition) is 2. The normalized spacial score (nSPS) is 21.0. The molecule has 1 aromatic carbocycles. The SMILES string of the molecule is CCC1(CC)CCN(c2ccc(CNC3CC3)cc2Cl)C1. The van der Waals surface area contributed by atoms with E-state index in [1.54, 1.807) is 0 Å². The van der Waals surface area contributed by atoms with E-state index in [2.05, 4.69) is 42.3 Å². The molecule has 1 heterocycles. The maximum Gasteiger partial charge on any atom is 0.0642 e. The first-order valence-electron chi connectivity index (χ1n) is 8.42. The van der Waals surface area contributed by atoms with Gasteiger partial charge in [-0.05, 0) is 55.2 Å². The van der Waals surface area contributed by atoms with Gasteiger partial charge in [-0.1, -0.05) is 31.5 Å². The summed E-state index contributed by atoms with van der Waals surface area (Å²) in [5, 5.41) is 4.46. The largest absolute Gasteiger partial charge is 0.370 e. The Balaban J connectivity index is 1.68. The molecule has 1 aliphatic carbocycles. The molecule has 116 valence electrons. The molecule has 0 radical (unpaired) electrons. The molecule has 0 amide bonds. The minimum absolute atomic E-state index is 0.496. The van der Waals surface area contributed by atoms with Crippen molar-refractivity contribution in [2.24, 2.45) is 5.41 Å². The zero-order valence-electron chi connectivity index (χ0n) is 13.3. The van der Waals surface area contributed by atoms with Crippen LogP contribution in [-0.4, -0.2) is 19.1 Å². The Morgan fingerprint density at radius 2 is 2.05 bits per heavy atom. The lowest BCUT2D eigenvalue weighted by Crippen LogP contribution is -2.26. The average molecular weight is 307 g/mol. The van der Waals surface area contributed by atoms with E-state index >= 15 is 0 Å². The minimum atomic E-state index is 0.496. The van der Waals surface area contributed by atoms with Crippen LogP contribution in [0.15, 0.2) is 18.2 Å². The van der Waals surface area contributed by atoms with Crippen LogP contribution in [0.4, 0.5) is 5.69 Å². The van der Waals surface area contributed by atoms with Gasteiger partial charge in [0, 0.05) is 25.7 Å². The number of rotatable bonds is 6. The zero-order valence-corrected chi connectivity index (χ0v) is 14.0. The van der Waals surface area contributed by atoms with E-state index in [-0.39, 0.29) is 0 Å². The standard InChI is InChI=1S/C18H27ClN2/c1-3-18(4-2)9-10-21(13-18)17-8-5-14(11-16(17)19)12-20-15-6-7-15/h5,8,11,15,20H,3-4,6-7,9-10,12-13H2,1-2H3. The van der Waals surface area contributed by atoms with Crippen LogP contribution in [0.1, 0.15) is 51.5 Å². The van der Waals surface area contributed by atoms with Gasteiger partial charge >= 0.3 is 0 Å². The lowest BCUT2D eigenvalue weighted by molar-refractivity contribution is 0.301. The fourth-order valence-electron chi connectivity index (χ4n) is 3.43. The van der Waals surface area contributed by atoms with Crippen LogP contribution in [0.5, 0.6) is 0 Å². The Labute approximate surface area is 133 Å². The minimum Gasteiger partial charge on any atom is -0.370 e. The van der Waals surface area contributed by atoms with Crippen molar-refractivity contribution < 1.29 is 0 Å². The van der Waals surface area contributed by atoms with Crippen LogP contribution in [0.2, 0.25) is 5.02 Å². The molecule has 2 fully saturated rings. The molecular formula is C18H27ClN2. The highest BCUT2D eigenvalue weighted by Gasteiger charge is 2.35. The van der Waals surface area contributed by atoms with Crippen LogP contribution in [0, 0.1) is 5.41 Å². The topological polar surface area (TPSA) is 15.3 Å². The van der Waals surface area contributed by atoms with Gasteiger partial charge in [-0.3, -0.25) is 0 Å². The summed E-state index contributed by atoms with van der Waals surface area (Å²) in [5.41, 5.74) is 3.01. The second-order valence-electron chi connectivity index (χ2n) is 6.82. The molecule has 1 N–H and O–H groups in total. The summed E-state index contributed by atoms with van der Waals surface area (Å²) in [6, 6.07) is 7.34. The first kappa shape index (κ1) is 15.2. The predicted molar refractivity (Wildman–Crippen MR) is 91.2 cm³/mol. The summed E-state index contributed by atoms with van der Waals surface area (Å²) in [6.07, 6.45) is 6.48. The number of hydrogen-bond donors (Lipinski definition) is 1. The van der Waals surface area contributed by atoms with Crippen LogP contribution >= 0.6 is 11.6 Å². The summed E-state index contributed by atoms with van der Waals surface area (Å²) >= 11 is 6.55. The fourth-order valence-corrected chi connectivity index (χ4v) is 3.76. The van der Waals surface area contributed by atoms with E-state index in [0.717, 1.165) is 30.7 Å². The van der Waals surface area contributed by atoms with Crippen molar-refractivity contribution in [2.75, 3.05) is 18.0 Å². The highest BCUT2D eigenvalue weighted by atomic mass is 35.5. The summed E-state index contributed by atoms with van der Waals surface area (Å²) in [5.74, 6) is 0. The Morgan fingerprint density at radius 3 is 2.62 bits per heavy atom. The van der Waals surface area contributed by atoms with Gasteiger partial charge in [0.15, 0.2) is 0 Å². The smallest absolute Gasteiger partial charge is 0.0642 e. The Morgan fingerprint density at radius 1 is 1.29 bits per heavy atom. The molecular weight excluding hydrogens is 280 g/mol. The molecule has 1 saturated carbocycles. The Hall–Kier alpha value is -0.730. The first-order valence-corrected chi connectivity index (χ1v) is 8.80. The summed E-state index contributed by atoms with van der Waals surface area (Å²) in [4.78, 5) is 2.48. The third-order valence-electron chi connectivity index (χ3n) is 5.46. The molecule has 1 aromatic rings. The van der Waals surface area contributed by atoms with Gasteiger partial charge in [-0.25, -0.2) is 0 Å². The quantitative estimate of drug-likeness (QED) is 0.825. The van der Waals surface area contributed by atoms with E-state index in [1.165, 1.54) is 43.4 Å². The van der Waals surface area contributed by atoms with Gasteiger partial charge < -0.3 is 10.2 Å². The molecule has 0 unspecified atom stereocenters. The molecule has 3 rings (SSSR count). The highest BCUT2D eigenvalue weighted by molar-refractivity contribution is 6.33. The molecule has 21 heavy (non-hydrogen) atoms. The highest BCUT2D eigenvalue weighted by Crippen LogP contribution is 2.41. The number of benzene rings is 1. The van der Waals surface area contributed by atoms with E-state index in [4.69, 9.17) is 11.6 Å². The Kier molecular flexibility index (Phi) is 4.46. The van der Waals surface area contributed by atoms with E-state index in [1.807, 2.05) is 0 Å². The Bertz CT molecular complexity index is 492. The summed E-state index contributed by atoms with van der Waals surface area (Å²) in [6.45, 7) is 7.88. The number of anilines is 1. The third-order valence-corrected chi connectivity index (χ3v) is 5.77. The zero-order chi connectivity index (χ0) is 14.9. The maximum absolute atomic E-state index is 6.55. The monoisotopic (exact) mass is 306 g/mol. The summed E-state index contributed by atoms with van der Waals surface area (Å²) in [7, 11) is 0. The van der Waals surface area contributed by atoms with Crippen molar-refractivity contribution in [3.63, 3.8) is 0 Å². The molecule has 0 aromatic heterocycles. The van der Waals surface area contributed by atoms with Crippen molar-refractivity contribution in [2.45, 2.75) is 58.5 Å². The number of halogens is 1. The number of nitrogens with one attached hydrogen (secondary N) is 1. The van der Waals surface area contributed by atoms with Gasteiger partial charge in [0.05, 0.1) is 10.7 Å². The van der Waals surface area contributed by atoms with Crippen molar-refractivity contribution in [3.05, 3.63) is 28.8 Å². The van der Waals surface area contributed by atoms with Crippen LogP contribution in [0.3, 0.4) is 0 Å². The molecule has 1 aliphatic heterocycles. The second kappa shape index (κ2) is 6.18. The van der Waals surface area contributed by atoms with E-state index in [9.17, 15) is 0 Å². The van der Waals surface area contributed by atoms with Crippen LogP contribution in [0.25, 0.3) is 0 Å². The predicted octanol–water partition coefficient (Wildman–Crippen LogP) is 4.61. The van der Waals surface area contributed by atoms with E-state index in [0.29, 0.717) is 5.41 Å². The molecule has 0 spiro atoms. The van der Waals surface area contributed by atoms with Gasteiger partial charge in [0.25, 0.3) is 0 Å². The fraction of sp³-hybridized carbons (Fsp3) is 0.667.